The van der Waals surface area contributed by atoms with E-state index in [1.54, 1.807) is 24.4 Å². The average Bonchev–Trinajstić information content (AvgIpc) is 2.70. The Balaban J connectivity index is 2.26. The van der Waals surface area contributed by atoms with Crippen molar-refractivity contribution in [3.05, 3.63) is 29.8 Å². The predicted molar refractivity (Wildman–Crippen MR) is 59.5 cm³/mol. The third-order valence-electron chi connectivity index (χ3n) is 2.38. The molecule has 2 rings (SSSR count). The van der Waals surface area contributed by atoms with Gasteiger partial charge in [-0.1, -0.05) is 23.4 Å². The van der Waals surface area contributed by atoms with Gasteiger partial charge in [-0.05, 0) is 11.6 Å². The number of benzene rings is 1. The van der Waals surface area contributed by atoms with Crippen LogP contribution in [0.5, 0.6) is 0 Å². The second kappa shape index (κ2) is 4.23. The van der Waals surface area contributed by atoms with E-state index in [9.17, 15) is 8.42 Å². The molecule has 5 nitrogen and oxygen atoms in total. The summed E-state index contributed by atoms with van der Waals surface area (Å²) in [4.78, 5) is 5.22. The van der Waals surface area contributed by atoms with Gasteiger partial charge in [0.25, 0.3) is 0 Å². The summed E-state index contributed by atoms with van der Waals surface area (Å²) in [7, 11) is -3.67. The van der Waals surface area contributed by atoms with Crippen molar-refractivity contribution < 1.29 is 13.3 Å². The van der Waals surface area contributed by atoms with E-state index in [-0.39, 0.29) is 11.0 Å². The molecular weight excluding hydrogens is 228 g/mol. The molecule has 2 N–H and O–H groups in total. The summed E-state index contributed by atoms with van der Waals surface area (Å²) in [5, 5.41) is 8.78. The smallest absolute Gasteiger partial charge is 0.238 e. The van der Waals surface area contributed by atoms with Crippen molar-refractivity contribution in [2.24, 2.45) is 10.3 Å². The molecule has 1 aromatic rings. The lowest BCUT2D eigenvalue weighted by Gasteiger charge is -2.11. The summed E-state index contributed by atoms with van der Waals surface area (Å²) in [6, 6.07) is 6.66. The summed E-state index contributed by atoms with van der Waals surface area (Å²) in [6.45, 7) is 0. The SMILES string of the molecule is NS(=O)(=O)c1ccccc1CC1CC=NO1. The Bertz CT molecular complexity index is 503. The zero-order valence-electron chi connectivity index (χ0n) is 8.54. The molecule has 1 aromatic carbocycles. The zero-order chi connectivity index (χ0) is 11.6. The molecule has 1 aliphatic heterocycles. The second-order valence-electron chi connectivity index (χ2n) is 3.61. The normalized spacial score (nSPS) is 19.7. The quantitative estimate of drug-likeness (QED) is 0.842. The highest BCUT2D eigenvalue weighted by Gasteiger charge is 2.19. The predicted octanol–water partition coefficient (Wildman–Crippen LogP) is 0.651. The molecule has 86 valence electrons. The van der Waals surface area contributed by atoms with Crippen molar-refractivity contribution >= 4 is 16.2 Å². The fraction of sp³-hybridized carbons (Fsp3) is 0.300. The molecule has 0 aromatic heterocycles. The van der Waals surface area contributed by atoms with E-state index in [2.05, 4.69) is 5.16 Å². The van der Waals surface area contributed by atoms with Crippen LogP contribution in [0.1, 0.15) is 12.0 Å². The molecule has 0 saturated carbocycles. The van der Waals surface area contributed by atoms with Crippen molar-refractivity contribution in [3.8, 4) is 0 Å². The molecule has 1 heterocycles. The average molecular weight is 240 g/mol. The molecule has 0 spiro atoms. The van der Waals surface area contributed by atoms with Crippen LogP contribution >= 0.6 is 0 Å². The minimum absolute atomic E-state index is 0.0945. The summed E-state index contributed by atoms with van der Waals surface area (Å²) in [5.74, 6) is 0. The Morgan fingerprint density at radius 2 is 2.19 bits per heavy atom. The lowest BCUT2D eigenvalue weighted by molar-refractivity contribution is 0.0855. The first kappa shape index (κ1) is 11.1. The first-order valence-corrected chi connectivity index (χ1v) is 6.40. The number of sulfonamides is 1. The lowest BCUT2D eigenvalue weighted by Crippen LogP contribution is -2.17. The largest absolute Gasteiger partial charge is 0.392 e. The van der Waals surface area contributed by atoms with E-state index < -0.39 is 10.0 Å². The Hall–Kier alpha value is -1.40. The molecule has 0 aliphatic carbocycles. The summed E-state index contributed by atoms with van der Waals surface area (Å²) in [5.41, 5.74) is 0.667. The molecule has 6 heteroatoms. The van der Waals surface area contributed by atoms with Gasteiger partial charge in [-0.2, -0.15) is 0 Å². The van der Waals surface area contributed by atoms with Gasteiger partial charge < -0.3 is 4.84 Å². The summed E-state index contributed by atoms with van der Waals surface area (Å²) < 4.78 is 22.7. The zero-order valence-corrected chi connectivity index (χ0v) is 9.35. The van der Waals surface area contributed by atoms with Gasteiger partial charge >= 0.3 is 0 Å². The first-order valence-electron chi connectivity index (χ1n) is 4.86. The molecule has 0 radical (unpaired) electrons. The van der Waals surface area contributed by atoms with Crippen LogP contribution in [0.3, 0.4) is 0 Å². The number of nitrogens with zero attached hydrogens (tertiary/aromatic N) is 1. The third-order valence-corrected chi connectivity index (χ3v) is 3.39. The van der Waals surface area contributed by atoms with Crippen molar-refractivity contribution in [3.63, 3.8) is 0 Å². The molecule has 1 atom stereocenters. The van der Waals surface area contributed by atoms with Gasteiger partial charge in [0.05, 0.1) is 4.90 Å². The standard InChI is InChI=1S/C10H12N2O3S/c11-16(13,14)10-4-2-1-3-8(10)7-9-5-6-12-15-9/h1-4,6,9H,5,7H2,(H2,11,13,14). The van der Waals surface area contributed by atoms with Gasteiger partial charge in [0, 0.05) is 19.1 Å². The molecule has 1 unspecified atom stereocenters. The van der Waals surface area contributed by atoms with Gasteiger partial charge in [-0.25, -0.2) is 13.6 Å². The first-order chi connectivity index (χ1) is 7.57. The Morgan fingerprint density at radius 1 is 1.44 bits per heavy atom. The van der Waals surface area contributed by atoms with Crippen LogP contribution in [-0.2, 0) is 21.3 Å². The van der Waals surface area contributed by atoms with Crippen LogP contribution < -0.4 is 5.14 Å². The third kappa shape index (κ3) is 2.40. The maximum Gasteiger partial charge on any atom is 0.238 e. The summed E-state index contributed by atoms with van der Waals surface area (Å²) in [6.07, 6.45) is 2.76. The van der Waals surface area contributed by atoms with Crippen LogP contribution in [0.2, 0.25) is 0 Å². The Labute approximate surface area is 93.9 Å². The highest BCUT2D eigenvalue weighted by Crippen LogP contribution is 2.19. The molecule has 0 bridgehead atoms. The Kier molecular flexibility index (Phi) is 2.93. The van der Waals surface area contributed by atoms with E-state index in [4.69, 9.17) is 9.98 Å². The number of primary sulfonamides is 1. The van der Waals surface area contributed by atoms with Gasteiger partial charge in [0.1, 0.15) is 6.10 Å². The molecule has 0 fully saturated rings. The molecule has 16 heavy (non-hydrogen) atoms. The van der Waals surface area contributed by atoms with Crippen molar-refractivity contribution in [1.29, 1.82) is 0 Å². The number of oxime groups is 1. The fourth-order valence-electron chi connectivity index (χ4n) is 1.65. The van der Waals surface area contributed by atoms with Crippen molar-refractivity contribution in [2.75, 3.05) is 0 Å². The van der Waals surface area contributed by atoms with E-state index >= 15 is 0 Å². The minimum Gasteiger partial charge on any atom is -0.392 e. The van der Waals surface area contributed by atoms with Gasteiger partial charge in [0.15, 0.2) is 0 Å². The van der Waals surface area contributed by atoms with Gasteiger partial charge in [-0.15, -0.1) is 0 Å². The van der Waals surface area contributed by atoms with Crippen LogP contribution in [0.15, 0.2) is 34.3 Å². The van der Waals surface area contributed by atoms with Crippen LogP contribution in [0.25, 0.3) is 0 Å². The van der Waals surface area contributed by atoms with Crippen LogP contribution in [0.4, 0.5) is 0 Å². The van der Waals surface area contributed by atoms with Crippen molar-refractivity contribution in [1.82, 2.24) is 0 Å². The summed E-state index contributed by atoms with van der Waals surface area (Å²) >= 11 is 0. The van der Waals surface area contributed by atoms with Crippen LogP contribution in [-0.4, -0.2) is 20.7 Å². The highest BCUT2D eigenvalue weighted by molar-refractivity contribution is 7.89. The van der Waals surface area contributed by atoms with E-state index in [1.165, 1.54) is 6.07 Å². The Morgan fingerprint density at radius 3 is 2.81 bits per heavy atom. The van der Waals surface area contributed by atoms with Gasteiger partial charge in [0.2, 0.25) is 10.0 Å². The molecule has 0 saturated heterocycles. The monoisotopic (exact) mass is 240 g/mol. The number of rotatable bonds is 3. The molecular formula is C10H12N2O3S. The minimum atomic E-state index is -3.67. The van der Waals surface area contributed by atoms with Crippen molar-refractivity contribution in [2.45, 2.75) is 23.8 Å². The topological polar surface area (TPSA) is 81.8 Å². The molecule has 1 aliphatic rings. The number of nitrogens with two attached hydrogens (primary N) is 1. The number of hydrogen-bond acceptors (Lipinski definition) is 4. The van der Waals surface area contributed by atoms with Gasteiger partial charge in [-0.3, -0.25) is 0 Å². The second-order valence-corrected chi connectivity index (χ2v) is 5.14. The van der Waals surface area contributed by atoms with E-state index in [0.29, 0.717) is 18.4 Å². The molecule has 0 amide bonds. The van der Waals surface area contributed by atoms with Crippen LogP contribution in [0, 0.1) is 0 Å². The van der Waals surface area contributed by atoms with E-state index in [1.807, 2.05) is 0 Å². The highest BCUT2D eigenvalue weighted by atomic mass is 32.2. The maximum absolute atomic E-state index is 11.3. The number of hydrogen-bond donors (Lipinski definition) is 1. The maximum atomic E-state index is 11.3. The fourth-order valence-corrected chi connectivity index (χ4v) is 2.43. The van der Waals surface area contributed by atoms with E-state index in [0.717, 1.165) is 0 Å². The lowest BCUT2D eigenvalue weighted by atomic mass is 10.1.